The smallest absolute Gasteiger partial charge is 0.0713 e. The highest BCUT2D eigenvalue weighted by molar-refractivity contribution is 5.26. The van der Waals surface area contributed by atoms with Crippen molar-refractivity contribution in [2.45, 2.75) is 25.5 Å². The third-order valence-electron chi connectivity index (χ3n) is 4.29. The quantitative estimate of drug-likeness (QED) is 0.837. The van der Waals surface area contributed by atoms with Crippen LogP contribution in [-0.4, -0.2) is 45.4 Å². The third kappa shape index (κ3) is 4.78. The fourth-order valence-corrected chi connectivity index (χ4v) is 3.09. The van der Waals surface area contributed by atoms with Gasteiger partial charge in [-0.05, 0) is 36.9 Å². The third-order valence-corrected chi connectivity index (χ3v) is 4.29. The molecule has 1 aromatic rings. The van der Waals surface area contributed by atoms with E-state index in [1.165, 1.54) is 11.1 Å². The van der Waals surface area contributed by atoms with Crippen molar-refractivity contribution in [2.24, 2.45) is 11.7 Å². The molecule has 1 saturated heterocycles. The monoisotopic (exact) mass is 292 g/mol. The Morgan fingerprint density at radius 3 is 2.81 bits per heavy atom. The molecule has 4 heteroatoms. The molecule has 0 radical (unpaired) electrons. The molecule has 1 aliphatic rings. The first-order valence-electron chi connectivity index (χ1n) is 7.80. The number of benzene rings is 1. The highest BCUT2D eigenvalue weighted by atomic mass is 16.5. The molecule has 0 spiro atoms. The zero-order chi connectivity index (χ0) is 15.1. The van der Waals surface area contributed by atoms with Crippen molar-refractivity contribution in [1.29, 1.82) is 0 Å². The van der Waals surface area contributed by atoms with E-state index < -0.39 is 0 Å². The minimum absolute atomic E-state index is 0.268. The summed E-state index contributed by atoms with van der Waals surface area (Å²) < 4.78 is 10.7. The van der Waals surface area contributed by atoms with Crippen LogP contribution in [0.15, 0.2) is 24.3 Å². The maximum absolute atomic E-state index is 6.04. The summed E-state index contributed by atoms with van der Waals surface area (Å²) in [6.07, 6.45) is 2.32. The van der Waals surface area contributed by atoms with E-state index in [1.54, 1.807) is 7.11 Å². The number of nitrogens with two attached hydrogens (primary N) is 1. The van der Waals surface area contributed by atoms with Crippen molar-refractivity contribution in [1.82, 2.24) is 4.90 Å². The molecule has 1 aliphatic heterocycles. The van der Waals surface area contributed by atoms with E-state index >= 15 is 0 Å². The van der Waals surface area contributed by atoms with Crippen LogP contribution >= 0.6 is 0 Å². The zero-order valence-electron chi connectivity index (χ0n) is 13.3. The second kappa shape index (κ2) is 8.49. The van der Waals surface area contributed by atoms with Gasteiger partial charge in [0.25, 0.3) is 0 Å². The summed E-state index contributed by atoms with van der Waals surface area (Å²) in [6.45, 7) is 4.16. The Morgan fingerprint density at radius 1 is 1.38 bits per heavy atom. The van der Waals surface area contributed by atoms with Crippen LogP contribution in [0.25, 0.3) is 0 Å². The molecule has 118 valence electrons. The average Bonchev–Trinajstić information content (AvgIpc) is 2.50. The molecule has 4 nitrogen and oxygen atoms in total. The summed E-state index contributed by atoms with van der Waals surface area (Å²) in [7, 11) is 3.90. The van der Waals surface area contributed by atoms with E-state index in [2.05, 4.69) is 36.2 Å². The highest BCUT2D eigenvalue weighted by Crippen LogP contribution is 2.23. The Kier molecular flexibility index (Phi) is 6.64. The van der Waals surface area contributed by atoms with E-state index in [0.29, 0.717) is 13.2 Å². The molecule has 0 aliphatic carbocycles. The van der Waals surface area contributed by atoms with E-state index in [0.717, 1.165) is 38.5 Å². The zero-order valence-corrected chi connectivity index (χ0v) is 13.3. The van der Waals surface area contributed by atoms with Crippen molar-refractivity contribution in [2.75, 3.05) is 40.5 Å². The lowest BCUT2D eigenvalue weighted by molar-refractivity contribution is 0.0507. The molecule has 1 fully saturated rings. The van der Waals surface area contributed by atoms with E-state index in [9.17, 15) is 0 Å². The molecular weight excluding hydrogens is 264 g/mol. The molecular formula is C17H28N2O2. The van der Waals surface area contributed by atoms with Gasteiger partial charge in [0.2, 0.25) is 0 Å². The van der Waals surface area contributed by atoms with Crippen molar-refractivity contribution in [3.63, 3.8) is 0 Å². The molecule has 2 rings (SSSR count). The summed E-state index contributed by atoms with van der Waals surface area (Å²) in [5.41, 5.74) is 8.52. The molecule has 21 heavy (non-hydrogen) atoms. The van der Waals surface area contributed by atoms with Crippen LogP contribution in [0.2, 0.25) is 0 Å². The molecule has 0 amide bonds. The van der Waals surface area contributed by atoms with Crippen molar-refractivity contribution >= 4 is 0 Å². The van der Waals surface area contributed by atoms with Gasteiger partial charge >= 0.3 is 0 Å². The minimum atomic E-state index is 0.268. The van der Waals surface area contributed by atoms with E-state index in [1.807, 2.05) is 0 Å². The van der Waals surface area contributed by atoms with Crippen LogP contribution in [0.3, 0.4) is 0 Å². The van der Waals surface area contributed by atoms with Crippen molar-refractivity contribution in [3.05, 3.63) is 35.4 Å². The van der Waals surface area contributed by atoms with Crippen LogP contribution in [0.1, 0.15) is 30.0 Å². The number of hydrogen-bond donors (Lipinski definition) is 1. The standard InChI is InChI=1S/C17H28N2O2/c1-19(12-14-6-8-21-9-7-14)17(11-18)16-5-3-4-15(10-16)13-20-2/h3-5,10,14,17H,6-9,11-13,18H2,1-2H3. The van der Waals surface area contributed by atoms with Gasteiger partial charge < -0.3 is 15.2 Å². The fraction of sp³-hybridized carbons (Fsp3) is 0.647. The first kappa shape index (κ1) is 16.4. The molecule has 1 heterocycles. The Bertz CT molecular complexity index is 419. The Morgan fingerprint density at radius 2 is 2.14 bits per heavy atom. The number of methoxy groups -OCH3 is 1. The lowest BCUT2D eigenvalue weighted by Gasteiger charge is -2.32. The number of nitrogens with zero attached hydrogens (tertiary/aromatic N) is 1. The summed E-state index contributed by atoms with van der Waals surface area (Å²) >= 11 is 0. The normalized spacial score (nSPS) is 18.1. The molecule has 0 bridgehead atoms. The predicted octanol–water partition coefficient (Wildman–Crippen LogP) is 2.19. The predicted molar refractivity (Wildman–Crippen MR) is 85.1 cm³/mol. The van der Waals surface area contributed by atoms with Gasteiger partial charge in [-0.1, -0.05) is 24.3 Å². The summed E-state index contributed by atoms with van der Waals surface area (Å²) in [5.74, 6) is 0.722. The van der Waals surface area contributed by atoms with E-state index in [-0.39, 0.29) is 6.04 Å². The van der Waals surface area contributed by atoms with Gasteiger partial charge in [-0.15, -0.1) is 0 Å². The molecule has 0 aromatic heterocycles. The van der Waals surface area contributed by atoms with Gasteiger partial charge in [-0.3, -0.25) is 4.90 Å². The second-order valence-corrected chi connectivity index (χ2v) is 5.92. The molecule has 1 unspecified atom stereocenters. The highest BCUT2D eigenvalue weighted by Gasteiger charge is 2.21. The van der Waals surface area contributed by atoms with Crippen LogP contribution in [0.4, 0.5) is 0 Å². The van der Waals surface area contributed by atoms with Crippen LogP contribution in [0.5, 0.6) is 0 Å². The van der Waals surface area contributed by atoms with Crippen molar-refractivity contribution in [3.8, 4) is 0 Å². The first-order valence-corrected chi connectivity index (χ1v) is 7.80. The average molecular weight is 292 g/mol. The number of likely N-dealkylation sites (N-methyl/N-ethyl adjacent to an activating group) is 1. The summed E-state index contributed by atoms with van der Waals surface area (Å²) in [4.78, 5) is 2.39. The molecule has 1 aromatic carbocycles. The number of ether oxygens (including phenoxy) is 2. The summed E-state index contributed by atoms with van der Waals surface area (Å²) in [6, 6.07) is 8.83. The van der Waals surface area contributed by atoms with Gasteiger partial charge in [0.05, 0.1) is 6.61 Å². The minimum Gasteiger partial charge on any atom is -0.381 e. The Labute approximate surface area is 128 Å². The largest absolute Gasteiger partial charge is 0.381 e. The number of rotatable bonds is 7. The van der Waals surface area contributed by atoms with Gasteiger partial charge in [-0.25, -0.2) is 0 Å². The van der Waals surface area contributed by atoms with Gasteiger partial charge in [0.15, 0.2) is 0 Å². The lowest BCUT2D eigenvalue weighted by Crippen LogP contribution is -2.36. The topological polar surface area (TPSA) is 47.7 Å². The molecule has 2 N–H and O–H groups in total. The fourth-order valence-electron chi connectivity index (χ4n) is 3.09. The SMILES string of the molecule is COCc1cccc(C(CN)N(C)CC2CCOCC2)c1. The molecule has 1 atom stereocenters. The summed E-state index contributed by atoms with van der Waals surface area (Å²) in [5, 5.41) is 0. The number of hydrogen-bond acceptors (Lipinski definition) is 4. The Balaban J connectivity index is 2.01. The lowest BCUT2D eigenvalue weighted by atomic mass is 9.97. The Hall–Kier alpha value is -0.940. The van der Waals surface area contributed by atoms with Gasteiger partial charge in [0, 0.05) is 39.5 Å². The maximum atomic E-state index is 6.04. The first-order chi connectivity index (χ1) is 10.2. The second-order valence-electron chi connectivity index (χ2n) is 5.92. The van der Waals surface area contributed by atoms with Crippen LogP contribution in [0, 0.1) is 5.92 Å². The van der Waals surface area contributed by atoms with Crippen LogP contribution < -0.4 is 5.73 Å². The van der Waals surface area contributed by atoms with E-state index in [4.69, 9.17) is 15.2 Å². The van der Waals surface area contributed by atoms with Crippen molar-refractivity contribution < 1.29 is 9.47 Å². The van der Waals surface area contributed by atoms with Crippen LogP contribution in [-0.2, 0) is 16.1 Å². The van der Waals surface area contributed by atoms with Gasteiger partial charge in [0.1, 0.15) is 0 Å². The molecule has 0 saturated carbocycles. The van der Waals surface area contributed by atoms with Gasteiger partial charge in [-0.2, -0.15) is 0 Å². The maximum Gasteiger partial charge on any atom is 0.0713 e.